The number of benzene rings is 4. The highest BCUT2D eigenvalue weighted by atomic mass is 16.3. The van der Waals surface area contributed by atoms with Gasteiger partial charge in [0.15, 0.2) is 23.0 Å². The van der Waals surface area contributed by atoms with Crippen LogP contribution in [-0.2, 0) is 19.4 Å². The second-order valence-electron chi connectivity index (χ2n) is 16.3. The molecule has 4 aromatic rings. The fourth-order valence-corrected chi connectivity index (χ4v) is 11.1. The molecule has 1 spiro atoms. The van der Waals surface area contributed by atoms with Gasteiger partial charge in [-0.15, -0.1) is 0 Å². The highest BCUT2D eigenvalue weighted by Gasteiger charge is 2.67. The maximum absolute atomic E-state index is 11.8. The smallest absolute Gasteiger partial charge is 0.169 e. The first kappa shape index (κ1) is 35.3. The van der Waals surface area contributed by atoms with E-state index in [2.05, 4.69) is 58.9 Å². The van der Waals surface area contributed by atoms with Crippen LogP contribution in [0.5, 0.6) is 28.7 Å². The van der Waals surface area contributed by atoms with E-state index in [-0.39, 0.29) is 50.9 Å². The second-order valence-corrected chi connectivity index (χ2v) is 16.3. The molecule has 0 amide bonds. The molecular weight excluding hydrogens is 691 g/mol. The van der Waals surface area contributed by atoms with Gasteiger partial charge in [-0.1, -0.05) is 78.9 Å². The summed E-state index contributed by atoms with van der Waals surface area (Å²) in [7, 11) is 0. The molecular formula is C46H47N3O6. The summed E-state index contributed by atoms with van der Waals surface area (Å²) in [6.45, 7) is 1.83. The van der Waals surface area contributed by atoms with E-state index in [4.69, 9.17) is 4.99 Å². The first-order valence-corrected chi connectivity index (χ1v) is 19.4. The summed E-state index contributed by atoms with van der Waals surface area (Å²) >= 11 is 0. The lowest BCUT2D eigenvalue weighted by Crippen LogP contribution is -2.64. The third-order valence-corrected chi connectivity index (χ3v) is 13.4. The number of phenolic OH excluding ortho intramolecular Hbond substituents is 5. The zero-order valence-electron chi connectivity index (χ0n) is 30.6. The number of hydrogen-bond acceptors (Lipinski definition) is 9. The van der Waals surface area contributed by atoms with Crippen LogP contribution in [0.1, 0.15) is 53.5 Å². The molecule has 1 aliphatic heterocycles. The third kappa shape index (κ3) is 5.83. The van der Waals surface area contributed by atoms with Crippen molar-refractivity contribution >= 4 is 34.9 Å². The van der Waals surface area contributed by atoms with Crippen LogP contribution in [0.15, 0.2) is 95.0 Å². The Morgan fingerprint density at radius 3 is 2.31 bits per heavy atom. The van der Waals surface area contributed by atoms with E-state index in [1.807, 2.05) is 6.21 Å². The Kier molecular flexibility index (Phi) is 8.82. The lowest BCUT2D eigenvalue weighted by Gasteiger charge is -2.63. The van der Waals surface area contributed by atoms with Crippen LogP contribution < -0.4 is 5.32 Å². The Hall–Kier alpha value is -5.38. The highest BCUT2D eigenvalue weighted by Crippen LogP contribution is 2.69. The number of nitrogens with one attached hydrogen (secondary N) is 1. The van der Waals surface area contributed by atoms with Crippen molar-refractivity contribution in [3.05, 3.63) is 113 Å². The van der Waals surface area contributed by atoms with Crippen molar-refractivity contribution in [2.75, 3.05) is 13.2 Å². The van der Waals surface area contributed by atoms with Crippen molar-refractivity contribution in [2.45, 2.75) is 51.2 Å². The summed E-state index contributed by atoms with van der Waals surface area (Å²) < 4.78 is 0. The molecule has 2 saturated carbocycles. The fraction of sp³-hybridized carbons (Fsp3) is 0.348. The minimum absolute atomic E-state index is 0.0505. The van der Waals surface area contributed by atoms with Gasteiger partial charge in [0.25, 0.3) is 0 Å². The van der Waals surface area contributed by atoms with Crippen molar-refractivity contribution < 1.29 is 30.6 Å². The number of fused-ring (bicyclic) bond motifs is 2. The van der Waals surface area contributed by atoms with Gasteiger partial charge < -0.3 is 36.0 Å². The molecule has 9 heteroatoms. The van der Waals surface area contributed by atoms with Crippen LogP contribution in [0.25, 0.3) is 22.9 Å². The zero-order valence-corrected chi connectivity index (χ0v) is 30.6. The van der Waals surface area contributed by atoms with Crippen molar-refractivity contribution in [3.8, 4) is 28.7 Å². The van der Waals surface area contributed by atoms with Gasteiger partial charge in [0, 0.05) is 36.2 Å². The maximum atomic E-state index is 11.8. The Morgan fingerprint density at radius 1 is 0.764 bits per heavy atom. The molecule has 4 aromatic carbocycles. The van der Waals surface area contributed by atoms with Crippen LogP contribution >= 0.6 is 0 Å². The number of hydrogen-bond donors (Lipinski definition) is 7. The highest BCUT2D eigenvalue weighted by molar-refractivity contribution is 6.34. The van der Waals surface area contributed by atoms with E-state index in [1.165, 1.54) is 31.0 Å². The first-order chi connectivity index (χ1) is 26.7. The minimum atomic E-state index is -0.519. The first-order valence-electron chi connectivity index (χ1n) is 19.4. The molecule has 2 bridgehead atoms. The fourth-order valence-electron chi connectivity index (χ4n) is 11.1. The summed E-state index contributed by atoms with van der Waals surface area (Å²) in [6, 6.07) is 17.9. The standard InChI is InChI=1S/C46H47N3O6/c50-36-18-11-28(20-39(36)53)10-16-33-34-2-1-3-37(51)41(34)43(55)42(54)35(33)17-9-27-4-6-29(7-5-27)23-47-25-45(40-24-48-26-49-40)21-30-8-12-31-13-14-32-15-19-38(52)44(45)46(31,32)22-30/h1-8,10-12,15-16,18-20,24,30-32,38,44,47,50-55H,9,13-14,17,21-23,25-26H2/b16-10+/t30-,31-,32-,38-,44-,45+,46+/m0/s1. The molecule has 0 radical (unpaired) electrons. The van der Waals surface area contributed by atoms with Crippen LogP contribution in [0.3, 0.4) is 0 Å². The third-order valence-electron chi connectivity index (χ3n) is 13.4. The molecule has 9 nitrogen and oxygen atoms in total. The number of rotatable bonds is 10. The van der Waals surface area contributed by atoms with E-state index < -0.39 is 6.10 Å². The van der Waals surface area contributed by atoms with Gasteiger partial charge in [0.05, 0.1) is 17.2 Å². The number of aryl methyl sites for hydroxylation is 1. The monoisotopic (exact) mass is 737 g/mol. The van der Waals surface area contributed by atoms with Gasteiger partial charge in [0.2, 0.25) is 0 Å². The van der Waals surface area contributed by atoms with Crippen molar-refractivity contribution in [1.82, 2.24) is 5.32 Å². The average molecular weight is 738 g/mol. The molecule has 55 heavy (non-hydrogen) atoms. The predicted octanol–water partition coefficient (Wildman–Crippen LogP) is 7.42. The van der Waals surface area contributed by atoms with Gasteiger partial charge in [-0.05, 0) is 108 Å². The zero-order chi connectivity index (χ0) is 37.9. The maximum Gasteiger partial charge on any atom is 0.169 e. The number of aliphatic imine (C=N–C) groups is 2. The van der Waals surface area contributed by atoms with Crippen LogP contribution in [0.2, 0.25) is 0 Å². The van der Waals surface area contributed by atoms with E-state index >= 15 is 0 Å². The predicted molar refractivity (Wildman–Crippen MR) is 216 cm³/mol. The molecule has 7 atom stereocenters. The Labute approximate surface area is 320 Å². The largest absolute Gasteiger partial charge is 0.507 e. The molecule has 0 saturated heterocycles. The molecule has 4 aliphatic carbocycles. The number of aromatic hydroxyl groups is 5. The number of allylic oxidation sites excluding steroid dienone is 3. The second kappa shape index (κ2) is 13.7. The Bertz CT molecular complexity index is 2300. The molecule has 5 aliphatic rings. The topological polar surface area (TPSA) is 158 Å². The summed E-state index contributed by atoms with van der Waals surface area (Å²) in [5.41, 5.74) is 4.75. The molecule has 2 fully saturated rings. The SMILES string of the molecule is Oc1ccc(/C=C/c2c(CCc3ccc(CNC[C@@]4(C5=NCN=C5)C[C@@H]5C=C[C@H]6CC[C@H]7C=C[C@H](O)[C@@H]4[C@@]76C5)cc3)c(O)c(O)c3c(O)cccc23)cc1O. The Balaban J connectivity index is 0.941. The van der Waals surface area contributed by atoms with Gasteiger partial charge in [-0.2, -0.15) is 0 Å². The quantitative estimate of drug-likeness (QED) is 0.0507. The average Bonchev–Trinajstić information content (AvgIpc) is 3.86. The molecule has 9 rings (SSSR count). The van der Waals surface area contributed by atoms with Gasteiger partial charge in [-0.25, -0.2) is 0 Å². The summed E-state index contributed by atoms with van der Waals surface area (Å²) in [6.07, 6.45) is 19.7. The normalized spacial score (nSPS) is 29.0. The number of aliphatic hydroxyl groups is 1. The van der Waals surface area contributed by atoms with Gasteiger partial charge >= 0.3 is 0 Å². The van der Waals surface area contributed by atoms with E-state index in [9.17, 15) is 30.6 Å². The van der Waals surface area contributed by atoms with Crippen LogP contribution in [0.4, 0.5) is 0 Å². The van der Waals surface area contributed by atoms with Gasteiger partial charge in [-0.3, -0.25) is 9.98 Å². The van der Waals surface area contributed by atoms with E-state index in [0.717, 1.165) is 29.7 Å². The van der Waals surface area contributed by atoms with E-state index in [0.29, 0.717) is 72.4 Å². The molecule has 0 unspecified atom stereocenters. The minimum Gasteiger partial charge on any atom is -0.507 e. The molecule has 282 valence electrons. The molecule has 7 N–H and O–H groups in total. The molecule has 1 heterocycles. The number of phenols is 5. The lowest BCUT2D eigenvalue weighted by molar-refractivity contribution is -0.108. The summed E-state index contributed by atoms with van der Waals surface area (Å²) in [4.78, 5) is 9.47. The van der Waals surface area contributed by atoms with Crippen LogP contribution in [-0.4, -0.2) is 61.9 Å². The number of nitrogens with zero attached hydrogens (tertiary/aromatic N) is 2. The Morgan fingerprint density at radius 2 is 1.55 bits per heavy atom. The van der Waals surface area contributed by atoms with E-state index in [1.54, 1.807) is 30.4 Å². The number of aliphatic hydroxyl groups excluding tert-OH is 1. The summed E-state index contributed by atoms with van der Waals surface area (Å²) in [5.74, 6) is 0.227. The summed E-state index contributed by atoms with van der Waals surface area (Å²) in [5, 5.41) is 69.0. The molecule has 0 aromatic heterocycles. The van der Waals surface area contributed by atoms with Gasteiger partial charge in [0.1, 0.15) is 12.4 Å². The van der Waals surface area contributed by atoms with Crippen molar-refractivity contribution in [3.63, 3.8) is 0 Å². The van der Waals surface area contributed by atoms with Crippen molar-refractivity contribution in [1.29, 1.82) is 0 Å². The van der Waals surface area contributed by atoms with Crippen LogP contribution in [0, 0.1) is 34.5 Å². The lowest BCUT2D eigenvalue weighted by atomic mass is 9.42. The van der Waals surface area contributed by atoms with Crippen molar-refractivity contribution in [2.24, 2.45) is 44.5 Å².